The lowest BCUT2D eigenvalue weighted by molar-refractivity contribution is 0.0311. The quantitative estimate of drug-likeness (QED) is 0.657. The van der Waals surface area contributed by atoms with Gasteiger partial charge in [-0.3, -0.25) is 0 Å². The van der Waals surface area contributed by atoms with E-state index in [4.69, 9.17) is 10.5 Å². The van der Waals surface area contributed by atoms with E-state index in [2.05, 4.69) is 13.8 Å². The number of nitrogens with two attached hydrogens (primary N) is 1. The normalized spacial score (nSPS) is 35.2. The highest BCUT2D eigenvalue weighted by atomic mass is 16.5. The van der Waals surface area contributed by atoms with Crippen molar-refractivity contribution < 1.29 is 4.74 Å². The number of ether oxygens (including phenoxy) is 1. The molecule has 1 aliphatic rings. The Kier molecular flexibility index (Phi) is 3.34. The molecule has 0 aliphatic carbocycles. The van der Waals surface area contributed by atoms with Gasteiger partial charge in [-0.05, 0) is 18.3 Å². The van der Waals surface area contributed by atoms with E-state index in [0.29, 0.717) is 5.92 Å². The summed E-state index contributed by atoms with van der Waals surface area (Å²) in [5, 5.41) is 0. The second-order valence-electron chi connectivity index (χ2n) is 3.58. The Hall–Kier alpha value is -0.0800. The molecule has 3 atom stereocenters. The van der Waals surface area contributed by atoms with Gasteiger partial charge in [-0.1, -0.05) is 20.3 Å². The molecule has 0 radical (unpaired) electrons. The number of hydrogen-bond donors (Lipinski definition) is 1. The van der Waals surface area contributed by atoms with E-state index in [0.717, 1.165) is 25.6 Å². The molecule has 66 valence electrons. The first kappa shape index (κ1) is 9.01. The maximum absolute atomic E-state index is 5.93. The number of rotatable bonds is 2. The summed E-state index contributed by atoms with van der Waals surface area (Å²) >= 11 is 0. The van der Waals surface area contributed by atoms with Gasteiger partial charge >= 0.3 is 0 Å². The summed E-state index contributed by atoms with van der Waals surface area (Å²) in [6.07, 6.45) is 2.38. The lowest BCUT2D eigenvalue weighted by Gasteiger charge is -2.32. The highest BCUT2D eigenvalue weighted by molar-refractivity contribution is 4.79. The van der Waals surface area contributed by atoms with Gasteiger partial charge in [0.25, 0.3) is 0 Å². The molecule has 0 aromatic heterocycles. The van der Waals surface area contributed by atoms with Crippen LogP contribution < -0.4 is 5.73 Å². The van der Waals surface area contributed by atoms with Gasteiger partial charge in [-0.2, -0.15) is 0 Å². The van der Waals surface area contributed by atoms with Crippen LogP contribution in [0.4, 0.5) is 0 Å². The SMILES string of the molecule is CCC(C)C1CCOCC1N. The van der Waals surface area contributed by atoms with E-state index in [1.165, 1.54) is 6.42 Å². The summed E-state index contributed by atoms with van der Waals surface area (Å²) in [5.41, 5.74) is 5.93. The van der Waals surface area contributed by atoms with Crippen LogP contribution in [0.1, 0.15) is 26.7 Å². The van der Waals surface area contributed by atoms with Crippen molar-refractivity contribution in [3.8, 4) is 0 Å². The molecule has 2 nitrogen and oxygen atoms in total. The smallest absolute Gasteiger partial charge is 0.0620 e. The van der Waals surface area contributed by atoms with Crippen molar-refractivity contribution in [3.63, 3.8) is 0 Å². The van der Waals surface area contributed by atoms with E-state index in [9.17, 15) is 0 Å². The van der Waals surface area contributed by atoms with Crippen molar-refractivity contribution in [1.82, 2.24) is 0 Å². The fourth-order valence-corrected chi connectivity index (χ4v) is 1.79. The summed E-state index contributed by atoms with van der Waals surface area (Å²) < 4.78 is 5.28. The average Bonchev–Trinajstić information content (AvgIpc) is 2.04. The second-order valence-corrected chi connectivity index (χ2v) is 3.58. The molecule has 0 aromatic carbocycles. The standard InChI is InChI=1S/C9H19NO/c1-3-7(2)8-4-5-11-6-9(8)10/h7-9H,3-6,10H2,1-2H3. The third-order valence-corrected chi connectivity index (χ3v) is 2.83. The zero-order valence-corrected chi connectivity index (χ0v) is 7.55. The minimum Gasteiger partial charge on any atom is -0.380 e. The zero-order valence-electron chi connectivity index (χ0n) is 7.55. The Morgan fingerprint density at radius 1 is 1.64 bits per heavy atom. The molecule has 11 heavy (non-hydrogen) atoms. The van der Waals surface area contributed by atoms with Gasteiger partial charge in [0, 0.05) is 12.6 Å². The number of hydrogen-bond acceptors (Lipinski definition) is 2. The maximum Gasteiger partial charge on any atom is 0.0620 e. The Bertz CT molecular complexity index is 112. The zero-order chi connectivity index (χ0) is 8.27. The molecule has 2 N–H and O–H groups in total. The van der Waals surface area contributed by atoms with Crippen molar-refractivity contribution in [2.24, 2.45) is 17.6 Å². The molecule has 0 spiro atoms. The maximum atomic E-state index is 5.93. The Morgan fingerprint density at radius 3 is 2.91 bits per heavy atom. The van der Waals surface area contributed by atoms with Gasteiger partial charge < -0.3 is 10.5 Å². The molecule has 1 heterocycles. The molecular weight excluding hydrogens is 138 g/mol. The fraction of sp³-hybridized carbons (Fsp3) is 1.00. The van der Waals surface area contributed by atoms with Gasteiger partial charge in [0.15, 0.2) is 0 Å². The molecule has 1 rings (SSSR count). The average molecular weight is 157 g/mol. The van der Waals surface area contributed by atoms with Crippen LogP contribution in [0, 0.1) is 11.8 Å². The van der Waals surface area contributed by atoms with Gasteiger partial charge in [-0.15, -0.1) is 0 Å². The van der Waals surface area contributed by atoms with Gasteiger partial charge in [0.1, 0.15) is 0 Å². The lowest BCUT2D eigenvalue weighted by Crippen LogP contribution is -2.42. The van der Waals surface area contributed by atoms with Gasteiger partial charge in [0.05, 0.1) is 6.61 Å². The van der Waals surface area contributed by atoms with E-state index < -0.39 is 0 Å². The van der Waals surface area contributed by atoms with Crippen LogP contribution >= 0.6 is 0 Å². The molecule has 1 fully saturated rings. The summed E-state index contributed by atoms with van der Waals surface area (Å²) in [7, 11) is 0. The lowest BCUT2D eigenvalue weighted by atomic mass is 9.83. The van der Waals surface area contributed by atoms with E-state index in [1.807, 2.05) is 0 Å². The largest absolute Gasteiger partial charge is 0.380 e. The van der Waals surface area contributed by atoms with Crippen molar-refractivity contribution in [2.45, 2.75) is 32.7 Å². The van der Waals surface area contributed by atoms with Crippen LogP contribution in [0.3, 0.4) is 0 Å². The molecule has 0 saturated carbocycles. The van der Waals surface area contributed by atoms with Gasteiger partial charge in [0.2, 0.25) is 0 Å². The summed E-state index contributed by atoms with van der Waals surface area (Å²) in [4.78, 5) is 0. The first-order valence-corrected chi connectivity index (χ1v) is 4.59. The fourth-order valence-electron chi connectivity index (χ4n) is 1.79. The summed E-state index contributed by atoms with van der Waals surface area (Å²) in [6.45, 7) is 6.18. The molecule has 0 bridgehead atoms. The molecule has 1 aliphatic heterocycles. The van der Waals surface area contributed by atoms with Crippen LogP contribution in [0.5, 0.6) is 0 Å². The third kappa shape index (κ3) is 2.17. The molecular formula is C9H19NO. The predicted molar refractivity (Wildman–Crippen MR) is 46.4 cm³/mol. The van der Waals surface area contributed by atoms with Crippen molar-refractivity contribution in [1.29, 1.82) is 0 Å². The van der Waals surface area contributed by atoms with Crippen LogP contribution in [0.2, 0.25) is 0 Å². The van der Waals surface area contributed by atoms with Crippen LogP contribution in [-0.4, -0.2) is 19.3 Å². The highest BCUT2D eigenvalue weighted by Gasteiger charge is 2.26. The first-order chi connectivity index (χ1) is 5.25. The van der Waals surface area contributed by atoms with Crippen LogP contribution in [-0.2, 0) is 4.74 Å². The molecule has 3 unspecified atom stereocenters. The Balaban J connectivity index is 2.40. The van der Waals surface area contributed by atoms with Crippen molar-refractivity contribution in [2.75, 3.05) is 13.2 Å². The van der Waals surface area contributed by atoms with E-state index in [-0.39, 0.29) is 6.04 Å². The molecule has 1 saturated heterocycles. The molecule has 0 amide bonds. The Labute approximate surface area is 69.1 Å². The van der Waals surface area contributed by atoms with Gasteiger partial charge in [-0.25, -0.2) is 0 Å². The summed E-state index contributed by atoms with van der Waals surface area (Å²) in [6, 6.07) is 0.277. The monoisotopic (exact) mass is 157 g/mol. The van der Waals surface area contributed by atoms with E-state index >= 15 is 0 Å². The second kappa shape index (κ2) is 4.07. The van der Waals surface area contributed by atoms with Crippen LogP contribution in [0.25, 0.3) is 0 Å². The topological polar surface area (TPSA) is 35.2 Å². The molecule has 2 heteroatoms. The minimum absolute atomic E-state index is 0.277. The highest BCUT2D eigenvalue weighted by Crippen LogP contribution is 2.24. The third-order valence-electron chi connectivity index (χ3n) is 2.83. The predicted octanol–water partition coefficient (Wildman–Crippen LogP) is 1.40. The van der Waals surface area contributed by atoms with Crippen molar-refractivity contribution >= 4 is 0 Å². The van der Waals surface area contributed by atoms with Crippen molar-refractivity contribution in [3.05, 3.63) is 0 Å². The Morgan fingerprint density at radius 2 is 2.36 bits per heavy atom. The van der Waals surface area contributed by atoms with Crippen LogP contribution in [0.15, 0.2) is 0 Å². The van der Waals surface area contributed by atoms with E-state index in [1.54, 1.807) is 0 Å². The minimum atomic E-state index is 0.277. The summed E-state index contributed by atoms with van der Waals surface area (Å²) in [5.74, 6) is 1.45. The first-order valence-electron chi connectivity index (χ1n) is 4.59. The molecule has 0 aromatic rings.